The van der Waals surface area contributed by atoms with Gasteiger partial charge in [-0.3, -0.25) is 9.59 Å². The number of nitrogens with zero attached hydrogens (tertiary/aromatic N) is 2. The maximum Gasteiger partial charge on any atom is 0.254 e. The van der Waals surface area contributed by atoms with Crippen molar-refractivity contribution in [2.45, 2.75) is 26.7 Å². The van der Waals surface area contributed by atoms with Crippen LogP contribution in [0.25, 0.3) is 10.9 Å². The number of carbonyl (C=O) groups excluding carboxylic acids is 1. The minimum Gasteiger partial charge on any atom is -0.339 e. The fraction of sp³-hybridized carbons (Fsp3) is 0.412. The lowest BCUT2D eigenvalue weighted by Gasteiger charge is -2.22. The molecule has 0 unspecified atom stereocenters. The molecule has 0 atom stereocenters. The second-order valence-corrected chi connectivity index (χ2v) is 5.26. The van der Waals surface area contributed by atoms with Crippen LogP contribution < -0.4 is 5.56 Å². The van der Waals surface area contributed by atoms with Crippen LogP contribution in [-0.2, 0) is 7.05 Å². The largest absolute Gasteiger partial charge is 0.339 e. The summed E-state index contributed by atoms with van der Waals surface area (Å²) in [5.74, 6) is -0.0485. The smallest absolute Gasteiger partial charge is 0.254 e. The van der Waals surface area contributed by atoms with Gasteiger partial charge in [-0.2, -0.15) is 0 Å². The highest BCUT2D eigenvalue weighted by molar-refractivity contribution is 6.06. The molecule has 2 aromatic rings. The van der Waals surface area contributed by atoms with E-state index in [9.17, 15) is 9.59 Å². The number of fused-ring (bicyclic) bond motifs is 1. The van der Waals surface area contributed by atoms with E-state index in [1.165, 1.54) is 6.07 Å². The highest BCUT2D eigenvalue weighted by atomic mass is 16.2. The summed E-state index contributed by atoms with van der Waals surface area (Å²) in [6.07, 6.45) is 1.82. The van der Waals surface area contributed by atoms with Crippen molar-refractivity contribution in [3.8, 4) is 0 Å². The molecule has 4 heteroatoms. The van der Waals surface area contributed by atoms with Crippen molar-refractivity contribution in [1.29, 1.82) is 0 Å². The summed E-state index contributed by atoms with van der Waals surface area (Å²) in [5.41, 5.74) is 1.15. The maximum absolute atomic E-state index is 12.8. The first kappa shape index (κ1) is 15.3. The molecule has 4 nitrogen and oxygen atoms in total. The van der Waals surface area contributed by atoms with Crippen LogP contribution in [0.3, 0.4) is 0 Å². The van der Waals surface area contributed by atoms with Crippen LogP contribution in [0, 0.1) is 0 Å². The van der Waals surface area contributed by atoms with E-state index in [-0.39, 0.29) is 11.5 Å². The Balaban J connectivity index is 2.57. The van der Waals surface area contributed by atoms with Crippen LogP contribution in [0.15, 0.2) is 35.1 Å². The topological polar surface area (TPSA) is 42.3 Å². The first-order chi connectivity index (χ1) is 10.1. The lowest BCUT2D eigenvalue weighted by molar-refractivity contribution is 0.0757. The second kappa shape index (κ2) is 6.57. The number of pyridine rings is 1. The quantitative estimate of drug-likeness (QED) is 0.848. The molecule has 1 aromatic heterocycles. The molecule has 0 saturated carbocycles. The summed E-state index contributed by atoms with van der Waals surface area (Å²) in [6.45, 7) is 5.54. The number of hydrogen-bond donors (Lipinski definition) is 0. The fourth-order valence-corrected chi connectivity index (χ4v) is 2.61. The van der Waals surface area contributed by atoms with Crippen molar-refractivity contribution >= 4 is 16.8 Å². The van der Waals surface area contributed by atoms with Gasteiger partial charge in [0.15, 0.2) is 0 Å². The molecule has 1 aromatic carbocycles. The average Bonchev–Trinajstić information content (AvgIpc) is 2.50. The Morgan fingerprint density at radius 1 is 1.14 bits per heavy atom. The highest BCUT2D eigenvalue weighted by Gasteiger charge is 2.18. The number of benzene rings is 1. The van der Waals surface area contributed by atoms with Crippen molar-refractivity contribution < 1.29 is 4.79 Å². The van der Waals surface area contributed by atoms with Gasteiger partial charge in [-0.15, -0.1) is 0 Å². The zero-order valence-electron chi connectivity index (χ0n) is 12.9. The van der Waals surface area contributed by atoms with Gasteiger partial charge in [-0.05, 0) is 18.9 Å². The predicted molar refractivity (Wildman–Crippen MR) is 85.7 cm³/mol. The van der Waals surface area contributed by atoms with Crippen LogP contribution in [0.5, 0.6) is 0 Å². The van der Waals surface area contributed by atoms with Crippen molar-refractivity contribution in [3.05, 3.63) is 46.2 Å². The first-order valence-electron chi connectivity index (χ1n) is 7.48. The lowest BCUT2D eigenvalue weighted by atomic mass is 10.1. The van der Waals surface area contributed by atoms with Crippen LogP contribution in [0.1, 0.15) is 37.0 Å². The summed E-state index contributed by atoms with van der Waals surface area (Å²) in [5, 5.41) is 0.835. The van der Waals surface area contributed by atoms with Crippen molar-refractivity contribution in [3.63, 3.8) is 0 Å². The first-order valence-corrected chi connectivity index (χ1v) is 7.48. The summed E-state index contributed by atoms with van der Waals surface area (Å²) < 4.78 is 1.58. The van der Waals surface area contributed by atoms with E-state index in [1.807, 2.05) is 29.2 Å². The third-order valence-corrected chi connectivity index (χ3v) is 3.66. The Morgan fingerprint density at radius 3 is 2.38 bits per heavy atom. The van der Waals surface area contributed by atoms with E-state index < -0.39 is 0 Å². The third kappa shape index (κ3) is 2.99. The minimum atomic E-state index is -0.148. The van der Waals surface area contributed by atoms with Gasteiger partial charge in [-0.1, -0.05) is 32.0 Å². The highest BCUT2D eigenvalue weighted by Crippen LogP contribution is 2.18. The molecule has 0 fully saturated rings. The average molecular weight is 286 g/mol. The molecule has 0 saturated heterocycles. The van der Waals surface area contributed by atoms with Gasteiger partial charge in [0.05, 0.1) is 11.1 Å². The molecule has 0 N–H and O–H groups in total. The number of hydrogen-bond acceptors (Lipinski definition) is 2. The standard InChI is InChI=1S/C17H22N2O2/c1-4-10-19(11-5-2)17(21)14-12-16(20)18(3)15-9-7-6-8-13(14)15/h6-9,12H,4-5,10-11H2,1-3H3. The molecule has 0 aliphatic carbocycles. The van der Waals surface area contributed by atoms with E-state index in [0.717, 1.165) is 36.8 Å². The van der Waals surface area contributed by atoms with Crippen molar-refractivity contribution in [1.82, 2.24) is 9.47 Å². The van der Waals surface area contributed by atoms with Gasteiger partial charge in [-0.25, -0.2) is 0 Å². The number of aryl methyl sites for hydroxylation is 1. The zero-order valence-corrected chi connectivity index (χ0v) is 12.9. The Bertz CT molecular complexity index is 697. The monoisotopic (exact) mass is 286 g/mol. The second-order valence-electron chi connectivity index (χ2n) is 5.26. The van der Waals surface area contributed by atoms with Gasteiger partial charge >= 0.3 is 0 Å². The van der Waals surface area contributed by atoms with Crippen LogP contribution in [-0.4, -0.2) is 28.5 Å². The van der Waals surface area contributed by atoms with E-state index in [4.69, 9.17) is 0 Å². The number of rotatable bonds is 5. The minimum absolute atomic E-state index is 0.0485. The van der Waals surface area contributed by atoms with E-state index in [1.54, 1.807) is 11.6 Å². The Kier molecular flexibility index (Phi) is 4.78. The fourth-order valence-electron chi connectivity index (χ4n) is 2.61. The van der Waals surface area contributed by atoms with Crippen LogP contribution in [0.2, 0.25) is 0 Å². The Hall–Kier alpha value is -2.10. The molecule has 0 spiro atoms. The molecule has 0 aliphatic heterocycles. The van der Waals surface area contributed by atoms with E-state index in [0.29, 0.717) is 5.56 Å². The molecule has 21 heavy (non-hydrogen) atoms. The molecule has 0 aliphatic rings. The molecular formula is C17H22N2O2. The summed E-state index contributed by atoms with van der Waals surface area (Å²) in [6, 6.07) is 9.01. The normalized spacial score (nSPS) is 10.8. The van der Waals surface area contributed by atoms with E-state index in [2.05, 4.69) is 13.8 Å². The van der Waals surface area contributed by atoms with Crippen molar-refractivity contribution in [2.75, 3.05) is 13.1 Å². The zero-order chi connectivity index (χ0) is 15.4. The van der Waals surface area contributed by atoms with Gasteiger partial charge in [0.1, 0.15) is 0 Å². The number of carbonyl (C=O) groups is 1. The Morgan fingerprint density at radius 2 is 1.76 bits per heavy atom. The summed E-state index contributed by atoms with van der Waals surface area (Å²) >= 11 is 0. The Labute approximate surface area is 125 Å². The molecule has 2 rings (SSSR count). The molecule has 0 radical (unpaired) electrons. The van der Waals surface area contributed by atoms with Crippen LogP contribution in [0.4, 0.5) is 0 Å². The lowest BCUT2D eigenvalue weighted by Crippen LogP contribution is -2.33. The molecule has 1 heterocycles. The van der Waals surface area contributed by atoms with E-state index >= 15 is 0 Å². The number of para-hydroxylation sites is 1. The molecule has 1 amide bonds. The molecule has 0 bridgehead atoms. The van der Waals surface area contributed by atoms with Crippen LogP contribution >= 0.6 is 0 Å². The molecule has 112 valence electrons. The van der Waals surface area contributed by atoms with Gasteiger partial charge in [0, 0.05) is 31.6 Å². The SMILES string of the molecule is CCCN(CCC)C(=O)c1cc(=O)n(C)c2ccccc12. The van der Waals surface area contributed by atoms with Gasteiger partial charge in [0.2, 0.25) is 0 Å². The third-order valence-electron chi connectivity index (χ3n) is 3.66. The summed E-state index contributed by atoms with van der Waals surface area (Å²) in [7, 11) is 1.73. The molecular weight excluding hydrogens is 264 g/mol. The maximum atomic E-state index is 12.8. The van der Waals surface area contributed by atoms with Gasteiger partial charge < -0.3 is 9.47 Å². The summed E-state index contributed by atoms with van der Waals surface area (Å²) in [4.78, 5) is 26.7. The van der Waals surface area contributed by atoms with Gasteiger partial charge in [0.25, 0.3) is 11.5 Å². The van der Waals surface area contributed by atoms with Crippen molar-refractivity contribution in [2.24, 2.45) is 7.05 Å². The number of aromatic nitrogens is 1. The number of amides is 1. The predicted octanol–water partition coefficient (Wildman–Crippen LogP) is 2.80.